The third-order valence-electron chi connectivity index (χ3n) is 4.05. The van der Waals surface area contributed by atoms with Crippen LogP contribution in [0.4, 0.5) is 0 Å². The van der Waals surface area contributed by atoms with Gasteiger partial charge >= 0.3 is 0 Å². The second kappa shape index (κ2) is 5.79. The number of fused-ring (bicyclic) bond motifs is 1. The van der Waals surface area contributed by atoms with E-state index in [-0.39, 0.29) is 16.7 Å². The van der Waals surface area contributed by atoms with Crippen LogP contribution in [-0.4, -0.2) is 21.8 Å². The third-order valence-corrected chi connectivity index (χ3v) is 4.05. The molecule has 1 aromatic heterocycles. The number of aromatic amines is 1. The van der Waals surface area contributed by atoms with Crippen molar-refractivity contribution in [3.05, 3.63) is 36.0 Å². The number of benzene rings is 1. The van der Waals surface area contributed by atoms with Crippen molar-refractivity contribution in [2.24, 2.45) is 5.41 Å². The van der Waals surface area contributed by atoms with Crippen molar-refractivity contribution in [2.45, 2.75) is 66.0 Å². The Balaban J connectivity index is 2.44. The van der Waals surface area contributed by atoms with Crippen LogP contribution in [0.25, 0.3) is 10.9 Å². The van der Waals surface area contributed by atoms with Crippen molar-refractivity contribution in [1.82, 2.24) is 10.3 Å². The van der Waals surface area contributed by atoms with Crippen LogP contribution in [0, 0.1) is 5.41 Å². The SMILES string of the molecule is CC(C)(C)N[C@](C)(Cc1c[nH]c2ccccc12)C(=O)C(C)(C)C. The average Bonchev–Trinajstić information content (AvgIpc) is 2.78. The molecule has 2 aromatic rings. The van der Waals surface area contributed by atoms with Gasteiger partial charge in [-0.25, -0.2) is 0 Å². The monoisotopic (exact) mass is 314 g/mol. The zero-order chi connectivity index (χ0) is 17.5. The molecule has 2 rings (SSSR count). The Hall–Kier alpha value is -1.61. The van der Waals surface area contributed by atoms with Crippen LogP contribution in [0.3, 0.4) is 0 Å². The molecule has 3 nitrogen and oxygen atoms in total. The number of carbonyl (C=O) groups excluding carboxylic acids is 1. The molecule has 0 aliphatic carbocycles. The summed E-state index contributed by atoms with van der Waals surface area (Å²) in [5.41, 5.74) is 1.16. The first-order chi connectivity index (χ1) is 10.4. The molecule has 23 heavy (non-hydrogen) atoms. The number of Topliss-reactive ketones (excluding diaryl/α,β-unsaturated/α-hetero) is 1. The van der Waals surface area contributed by atoms with Gasteiger partial charge in [0.25, 0.3) is 0 Å². The molecule has 3 heteroatoms. The normalized spacial score (nSPS) is 15.6. The summed E-state index contributed by atoms with van der Waals surface area (Å²) < 4.78 is 0. The number of carbonyl (C=O) groups is 1. The molecule has 0 saturated heterocycles. The molecule has 2 N–H and O–H groups in total. The molecule has 0 aliphatic heterocycles. The summed E-state index contributed by atoms with van der Waals surface area (Å²) >= 11 is 0. The number of aromatic nitrogens is 1. The van der Waals surface area contributed by atoms with Gasteiger partial charge in [-0.1, -0.05) is 39.0 Å². The van der Waals surface area contributed by atoms with Crippen molar-refractivity contribution < 1.29 is 4.79 Å². The molecule has 1 atom stereocenters. The predicted molar refractivity (Wildman–Crippen MR) is 97.8 cm³/mol. The molecule has 1 heterocycles. The van der Waals surface area contributed by atoms with Crippen molar-refractivity contribution in [3.8, 4) is 0 Å². The minimum Gasteiger partial charge on any atom is -0.361 e. The molecule has 0 bridgehead atoms. The summed E-state index contributed by atoms with van der Waals surface area (Å²) in [6.45, 7) is 14.3. The van der Waals surface area contributed by atoms with E-state index in [0.717, 1.165) is 5.52 Å². The average molecular weight is 314 g/mol. The van der Waals surface area contributed by atoms with E-state index in [2.05, 4.69) is 43.2 Å². The van der Waals surface area contributed by atoms with Crippen LogP contribution < -0.4 is 5.32 Å². The lowest BCUT2D eigenvalue weighted by atomic mass is 9.75. The summed E-state index contributed by atoms with van der Waals surface area (Å²) in [5, 5.41) is 4.77. The van der Waals surface area contributed by atoms with Crippen LogP contribution in [0.5, 0.6) is 0 Å². The quantitative estimate of drug-likeness (QED) is 0.874. The fraction of sp³-hybridized carbons (Fsp3) is 0.550. The molecule has 0 spiro atoms. The molecule has 0 fully saturated rings. The maximum Gasteiger partial charge on any atom is 0.158 e. The molecule has 0 amide bonds. The first kappa shape index (κ1) is 17.7. The van der Waals surface area contributed by atoms with E-state index >= 15 is 0 Å². The standard InChI is InChI=1S/C20H30N2O/c1-18(2,3)17(23)20(7,22-19(4,5)6)12-14-13-21-16-11-9-8-10-15(14)16/h8-11,13,21-22H,12H2,1-7H3/t20-/m1/s1. The number of hydrogen-bond acceptors (Lipinski definition) is 2. The fourth-order valence-corrected chi connectivity index (χ4v) is 3.50. The highest BCUT2D eigenvalue weighted by Crippen LogP contribution is 2.30. The van der Waals surface area contributed by atoms with Crippen LogP contribution in [0.2, 0.25) is 0 Å². The molecule has 0 saturated carbocycles. The highest BCUT2D eigenvalue weighted by atomic mass is 16.1. The Morgan fingerprint density at radius 2 is 1.65 bits per heavy atom. The molecular weight excluding hydrogens is 284 g/mol. The van der Waals surface area contributed by atoms with Crippen molar-refractivity contribution in [2.75, 3.05) is 0 Å². The highest BCUT2D eigenvalue weighted by Gasteiger charge is 2.42. The Morgan fingerprint density at radius 1 is 1.04 bits per heavy atom. The van der Waals surface area contributed by atoms with E-state index in [1.165, 1.54) is 10.9 Å². The Bertz CT molecular complexity index is 700. The largest absolute Gasteiger partial charge is 0.361 e. The first-order valence-corrected chi connectivity index (χ1v) is 8.32. The number of hydrogen-bond donors (Lipinski definition) is 2. The third kappa shape index (κ3) is 4.03. The van der Waals surface area contributed by atoms with E-state index in [1.807, 2.05) is 46.0 Å². The van der Waals surface area contributed by atoms with Gasteiger partial charge in [0.1, 0.15) is 0 Å². The van der Waals surface area contributed by atoms with E-state index in [1.54, 1.807) is 0 Å². The van der Waals surface area contributed by atoms with E-state index < -0.39 is 5.54 Å². The van der Waals surface area contributed by atoms with Gasteiger partial charge in [-0.3, -0.25) is 4.79 Å². The van der Waals surface area contributed by atoms with Crippen molar-refractivity contribution in [3.63, 3.8) is 0 Å². The molecule has 126 valence electrons. The zero-order valence-electron chi connectivity index (χ0n) is 15.5. The van der Waals surface area contributed by atoms with Crippen LogP contribution >= 0.6 is 0 Å². The van der Waals surface area contributed by atoms with E-state index in [9.17, 15) is 4.79 Å². The highest BCUT2D eigenvalue weighted by molar-refractivity contribution is 5.93. The zero-order valence-corrected chi connectivity index (χ0v) is 15.5. The van der Waals surface area contributed by atoms with Gasteiger partial charge in [-0.15, -0.1) is 0 Å². The molecular formula is C20H30N2O. The van der Waals surface area contributed by atoms with Gasteiger partial charge in [0, 0.05) is 28.1 Å². The number of nitrogens with one attached hydrogen (secondary N) is 2. The predicted octanol–water partition coefficient (Wildman–Crippen LogP) is 4.47. The summed E-state index contributed by atoms with van der Waals surface area (Å²) in [4.78, 5) is 16.5. The summed E-state index contributed by atoms with van der Waals surface area (Å²) in [5.74, 6) is 0.241. The first-order valence-electron chi connectivity index (χ1n) is 8.32. The number of rotatable bonds is 4. The van der Waals surface area contributed by atoms with Gasteiger partial charge in [0.2, 0.25) is 0 Å². The van der Waals surface area contributed by atoms with Crippen LogP contribution in [0.15, 0.2) is 30.5 Å². The fourth-order valence-electron chi connectivity index (χ4n) is 3.50. The van der Waals surface area contributed by atoms with Crippen LogP contribution in [0.1, 0.15) is 54.0 Å². The second-order valence-electron chi connectivity index (χ2n) is 8.82. The Labute approximate surface area is 139 Å². The maximum absolute atomic E-state index is 13.2. The van der Waals surface area contributed by atoms with Crippen molar-refractivity contribution in [1.29, 1.82) is 0 Å². The topological polar surface area (TPSA) is 44.9 Å². The minimum absolute atomic E-state index is 0.137. The van der Waals surface area contributed by atoms with Gasteiger partial charge in [-0.2, -0.15) is 0 Å². The van der Waals surface area contributed by atoms with Crippen LogP contribution in [-0.2, 0) is 11.2 Å². The number of ketones is 1. The minimum atomic E-state index is -0.610. The van der Waals surface area contributed by atoms with Crippen molar-refractivity contribution >= 4 is 16.7 Å². The molecule has 1 aromatic carbocycles. The smallest absolute Gasteiger partial charge is 0.158 e. The summed E-state index contributed by atoms with van der Waals surface area (Å²) in [7, 11) is 0. The van der Waals surface area contributed by atoms with E-state index in [0.29, 0.717) is 6.42 Å². The lowest BCUT2D eigenvalue weighted by molar-refractivity contribution is -0.133. The second-order valence-corrected chi connectivity index (χ2v) is 8.82. The van der Waals surface area contributed by atoms with Gasteiger partial charge in [0.05, 0.1) is 5.54 Å². The number of H-pyrrole nitrogens is 1. The molecule has 0 unspecified atom stereocenters. The summed E-state index contributed by atoms with van der Waals surface area (Å²) in [6, 6.07) is 8.24. The maximum atomic E-state index is 13.2. The number of para-hydroxylation sites is 1. The molecule has 0 radical (unpaired) electrons. The lowest BCUT2D eigenvalue weighted by Crippen LogP contribution is -2.61. The van der Waals surface area contributed by atoms with Gasteiger partial charge in [-0.05, 0) is 45.7 Å². The Kier molecular flexibility index (Phi) is 4.46. The van der Waals surface area contributed by atoms with E-state index in [4.69, 9.17) is 0 Å². The van der Waals surface area contributed by atoms with Gasteiger partial charge in [0.15, 0.2) is 5.78 Å². The Morgan fingerprint density at radius 3 is 2.22 bits per heavy atom. The molecule has 0 aliphatic rings. The lowest BCUT2D eigenvalue weighted by Gasteiger charge is -2.40. The summed E-state index contributed by atoms with van der Waals surface area (Å²) in [6.07, 6.45) is 2.70. The van der Waals surface area contributed by atoms with Gasteiger partial charge < -0.3 is 10.3 Å².